The van der Waals surface area contributed by atoms with Crippen LogP contribution < -0.4 is 14.8 Å². The number of hydrogen-bond acceptors (Lipinski definition) is 7. The molecule has 8 nitrogen and oxygen atoms in total. The van der Waals surface area contributed by atoms with Gasteiger partial charge in [0.25, 0.3) is 15.9 Å². The van der Waals surface area contributed by atoms with E-state index in [4.69, 9.17) is 16.3 Å². The molecule has 14 heteroatoms. The minimum absolute atomic E-state index is 0.0122. The van der Waals surface area contributed by atoms with Gasteiger partial charge < -0.3 is 10.1 Å². The van der Waals surface area contributed by atoms with E-state index in [-0.39, 0.29) is 38.9 Å². The molecule has 0 aliphatic heterocycles. The van der Waals surface area contributed by atoms with Crippen molar-refractivity contribution in [2.75, 3.05) is 11.3 Å². The summed E-state index contributed by atoms with van der Waals surface area (Å²) in [5.41, 5.74) is 0.489. The molecule has 3 aromatic rings. The predicted molar refractivity (Wildman–Crippen MR) is 138 cm³/mol. The second-order valence-corrected chi connectivity index (χ2v) is 12.0. The fourth-order valence-electron chi connectivity index (χ4n) is 4.03. The van der Waals surface area contributed by atoms with Crippen molar-refractivity contribution in [1.29, 1.82) is 0 Å². The Morgan fingerprint density at radius 1 is 1.18 bits per heavy atom. The summed E-state index contributed by atoms with van der Waals surface area (Å²) in [5.74, 6) is -0.679. The zero-order valence-electron chi connectivity index (χ0n) is 20.5. The lowest BCUT2D eigenvalue weighted by Gasteiger charge is -2.16. The number of ether oxygens (including phenoxy) is 1. The molecule has 2 aromatic carbocycles. The molecule has 0 saturated carbocycles. The minimum Gasteiger partial charge on any atom is -0.493 e. The summed E-state index contributed by atoms with van der Waals surface area (Å²) in [6, 6.07) is 5.28. The Kier molecular flexibility index (Phi) is 7.91. The fraction of sp³-hybridized carbons (Fsp3) is 0.375. The van der Waals surface area contributed by atoms with Crippen LogP contribution in [0.25, 0.3) is 0 Å². The van der Waals surface area contributed by atoms with Gasteiger partial charge in [-0.25, -0.2) is 8.42 Å². The lowest BCUT2D eigenvalue weighted by atomic mass is 10.1. The standard InChI is InChI=1S/C24H24ClF3N4O4S2/c1-4-36-19-11-15(24(26,27)28)5-6-17(19)21(33)29-16-7-13-9-18(25)20(10-14(13)8-16)38(34,35)32-23-31-30-22(37-23)12(2)3/h5-6,9-12,16H,4,7-8H2,1-3H3,(H,29,33)(H,31,32). The second-order valence-electron chi connectivity index (χ2n) is 8.98. The third-order valence-corrected chi connectivity index (χ3v) is 8.89. The van der Waals surface area contributed by atoms with Gasteiger partial charge in [-0.1, -0.05) is 36.8 Å². The van der Waals surface area contributed by atoms with E-state index < -0.39 is 33.7 Å². The van der Waals surface area contributed by atoms with Crippen molar-refractivity contribution in [1.82, 2.24) is 15.5 Å². The Balaban J connectivity index is 1.51. The van der Waals surface area contributed by atoms with Crippen LogP contribution >= 0.6 is 22.9 Å². The Hall–Kier alpha value is -2.90. The lowest BCUT2D eigenvalue weighted by Crippen LogP contribution is -2.35. The quantitative estimate of drug-likeness (QED) is 0.363. The summed E-state index contributed by atoms with van der Waals surface area (Å²) >= 11 is 7.45. The van der Waals surface area contributed by atoms with Crippen LogP contribution in [-0.2, 0) is 29.0 Å². The van der Waals surface area contributed by atoms with Crippen molar-refractivity contribution in [2.45, 2.75) is 56.6 Å². The number of amides is 1. The highest BCUT2D eigenvalue weighted by Gasteiger charge is 2.33. The molecule has 38 heavy (non-hydrogen) atoms. The van der Waals surface area contributed by atoms with Gasteiger partial charge in [0.15, 0.2) is 0 Å². The number of sulfonamides is 1. The number of carbonyl (C=O) groups excluding carboxylic acids is 1. The molecule has 0 radical (unpaired) electrons. The zero-order valence-corrected chi connectivity index (χ0v) is 22.9. The molecule has 0 spiro atoms. The third kappa shape index (κ3) is 6.05. The highest BCUT2D eigenvalue weighted by atomic mass is 35.5. The topological polar surface area (TPSA) is 110 Å². The highest BCUT2D eigenvalue weighted by Crippen LogP contribution is 2.35. The number of fused-ring (bicyclic) bond motifs is 1. The largest absolute Gasteiger partial charge is 0.493 e. The maximum Gasteiger partial charge on any atom is 0.416 e. The number of hydrogen-bond donors (Lipinski definition) is 2. The summed E-state index contributed by atoms with van der Waals surface area (Å²) in [6.07, 6.45) is -3.90. The Bertz CT molecular complexity index is 1480. The summed E-state index contributed by atoms with van der Waals surface area (Å²) in [4.78, 5) is 12.8. The number of halogens is 4. The molecule has 1 atom stereocenters. The van der Waals surface area contributed by atoms with Crippen LogP contribution in [0.2, 0.25) is 5.02 Å². The van der Waals surface area contributed by atoms with Gasteiger partial charge in [-0.15, -0.1) is 10.2 Å². The molecule has 1 aromatic heterocycles. The SMILES string of the molecule is CCOc1cc(C(F)(F)F)ccc1C(=O)NC1Cc2cc(Cl)c(S(=O)(=O)Nc3nnc(C(C)C)s3)cc2C1. The van der Waals surface area contributed by atoms with Crippen LogP contribution in [0.1, 0.15) is 58.7 Å². The van der Waals surface area contributed by atoms with Crippen molar-refractivity contribution in [3.63, 3.8) is 0 Å². The molecule has 0 fully saturated rings. The average molecular weight is 589 g/mol. The number of rotatable bonds is 8. The number of nitrogens with one attached hydrogen (secondary N) is 2. The third-order valence-electron chi connectivity index (χ3n) is 5.82. The molecular weight excluding hydrogens is 565 g/mol. The van der Waals surface area contributed by atoms with Gasteiger partial charge in [0.05, 0.1) is 22.8 Å². The molecule has 1 aliphatic carbocycles. The van der Waals surface area contributed by atoms with E-state index in [0.717, 1.165) is 35.1 Å². The van der Waals surface area contributed by atoms with E-state index in [9.17, 15) is 26.4 Å². The molecule has 0 saturated heterocycles. The molecule has 2 N–H and O–H groups in total. The molecule has 4 rings (SSSR count). The van der Waals surface area contributed by atoms with Gasteiger partial charge in [-0.3, -0.25) is 9.52 Å². The van der Waals surface area contributed by atoms with E-state index >= 15 is 0 Å². The fourth-order valence-corrected chi connectivity index (χ4v) is 6.61. The van der Waals surface area contributed by atoms with Gasteiger partial charge in [-0.2, -0.15) is 13.2 Å². The first-order valence-electron chi connectivity index (χ1n) is 11.6. The Morgan fingerprint density at radius 3 is 2.47 bits per heavy atom. The Morgan fingerprint density at radius 2 is 1.87 bits per heavy atom. The van der Waals surface area contributed by atoms with Crippen molar-refractivity contribution in [2.24, 2.45) is 0 Å². The van der Waals surface area contributed by atoms with Gasteiger partial charge in [-0.05, 0) is 61.2 Å². The molecule has 1 aliphatic rings. The highest BCUT2D eigenvalue weighted by molar-refractivity contribution is 7.93. The number of anilines is 1. The van der Waals surface area contributed by atoms with Gasteiger partial charge in [0.1, 0.15) is 15.7 Å². The molecular formula is C24H24ClF3N4O4S2. The number of alkyl halides is 3. The van der Waals surface area contributed by atoms with E-state index in [2.05, 4.69) is 20.2 Å². The molecule has 1 amide bonds. The summed E-state index contributed by atoms with van der Waals surface area (Å²) < 4.78 is 73.1. The van der Waals surface area contributed by atoms with Crippen molar-refractivity contribution in [3.05, 3.63) is 62.6 Å². The van der Waals surface area contributed by atoms with Crippen molar-refractivity contribution < 1.29 is 31.1 Å². The summed E-state index contributed by atoms with van der Waals surface area (Å²) in [6.45, 7) is 5.52. The maximum atomic E-state index is 13.1. The van der Waals surface area contributed by atoms with Gasteiger partial charge >= 0.3 is 6.18 Å². The minimum atomic E-state index is -4.58. The van der Waals surface area contributed by atoms with E-state index in [1.54, 1.807) is 13.0 Å². The lowest BCUT2D eigenvalue weighted by molar-refractivity contribution is -0.137. The van der Waals surface area contributed by atoms with E-state index in [1.807, 2.05) is 13.8 Å². The predicted octanol–water partition coefficient (Wildman–Crippen LogP) is 5.43. The van der Waals surface area contributed by atoms with Crippen LogP contribution in [0, 0.1) is 0 Å². The monoisotopic (exact) mass is 588 g/mol. The van der Waals surface area contributed by atoms with Gasteiger partial charge in [0, 0.05) is 12.0 Å². The molecule has 1 heterocycles. The van der Waals surface area contributed by atoms with Crippen LogP contribution in [-0.4, -0.2) is 37.2 Å². The zero-order chi connectivity index (χ0) is 27.8. The first-order valence-corrected chi connectivity index (χ1v) is 14.3. The average Bonchev–Trinajstić information content (AvgIpc) is 3.43. The van der Waals surface area contributed by atoms with Crippen LogP contribution in [0.5, 0.6) is 5.75 Å². The van der Waals surface area contributed by atoms with Crippen LogP contribution in [0.4, 0.5) is 18.3 Å². The maximum absolute atomic E-state index is 13.1. The van der Waals surface area contributed by atoms with Crippen molar-refractivity contribution >= 4 is 44.0 Å². The van der Waals surface area contributed by atoms with E-state index in [1.165, 1.54) is 6.07 Å². The van der Waals surface area contributed by atoms with Gasteiger partial charge in [0.2, 0.25) is 5.13 Å². The number of carbonyl (C=O) groups is 1. The summed E-state index contributed by atoms with van der Waals surface area (Å²) in [7, 11) is -4.06. The molecule has 204 valence electrons. The van der Waals surface area contributed by atoms with Crippen molar-refractivity contribution in [3.8, 4) is 5.75 Å². The normalized spacial score (nSPS) is 15.4. The summed E-state index contributed by atoms with van der Waals surface area (Å²) in [5, 5.41) is 11.5. The molecule has 0 bridgehead atoms. The number of aromatic nitrogens is 2. The molecule has 1 unspecified atom stereocenters. The first kappa shape index (κ1) is 28.1. The van der Waals surface area contributed by atoms with E-state index in [0.29, 0.717) is 23.4 Å². The van der Waals surface area contributed by atoms with Crippen LogP contribution in [0.15, 0.2) is 35.2 Å². The number of nitrogens with zero attached hydrogens (tertiary/aromatic N) is 2. The second kappa shape index (κ2) is 10.7. The first-order chi connectivity index (χ1) is 17.8. The Labute approximate surface area is 226 Å². The number of benzene rings is 2. The van der Waals surface area contributed by atoms with Crippen LogP contribution in [0.3, 0.4) is 0 Å². The smallest absolute Gasteiger partial charge is 0.416 e.